The second-order valence-electron chi connectivity index (χ2n) is 11.3. The fraction of sp³-hybridized carbons (Fsp3) is 0. The summed E-state index contributed by atoms with van der Waals surface area (Å²) in [6.07, 6.45) is 0. The number of rotatable bonds is 4. The highest BCUT2D eigenvalue weighted by molar-refractivity contribution is 7.26. The lowest BCUT2D eigenvalue weighted by molar-refractivity contribution is 1.32. The first-order chi connectivity index (χ1) is 21.8. The van der Waals surface area contributed by atoms with Crippen LogP contribution in [0.2, 0.25) is 0 Å². The van der Waals surface area contributed by atoms with Gasteiger partial charge in [0.25, 0.3) is 0 Å². The molecule has 1 aromatic heterocycles. The van der Waals surface area contributed by atoms with E-state index in [1.807, 2.05) is 11.3 Å². The first-order valence-electron chi connectivity index (χ1n) is 15.0. The highest BCUT2D eigenvalue weighted by Crippen LogP contribution is 2.49. The highest BCUT2D eigenvalue weighted by Gasteiger charge is 2.22. The van der Waals surface area contributed by atoms with Gasteiger partial charge < -0.3 is 4.90 Å². The normalized spacial score (nSPS) is 11.6. The molecule has 206 valence electrons. The topological polar surface area (TPSA) is 3.24 Å². The van der Waals surface area contributed by atoms with Gasteiger partial charge in [-0.2, -0.15) is 0 Å². The maximum Gasteiger partial charge on any atom is 0.0555 e. The van der Waals surface area contributed by atoms with E-state index in [1.165, 1.54) is 75.0 Å². The SMILES string of the molecule is c1ccc(-c2ccc(N(c3ccc4c(ccc5ccccc54)c3)c3cccc4ccccc34)c3c2sc2ccccc23)cc1. The molecule has 0 unspecified atom stereocenters. The standard InChI is InChI=1S/C42H27NS/c1-2-11-29(12-3-1)36-25-26-39(41-37-18-8-9-20-40(37)44-42(36)41)43(38-19-10-15-28-13-5-7-17-35(28)38)32-23-24-34-31(27-32)22-21-30-14-4-6-16-33(30)34/h1-27H. The van der Waals surface area contributed by atoms with Crippen molar-refractivity contribution in [2.24, 2.45) is 0 Å². The van der Waals surface area contributed by atoms with E-state index in [0.717, 1.165) is 5.69 Å². The van der Waals surface area contributed by atoms with Gasteiger partial charge in [-0.05, 0) is 68.4 Å². The van der Waals surface area contributed by atoms with Crippen molar-refractivity contribution in [1.29, 1.82) is 0 Å². The molecule has 9 rings (SSSR count). The van der Waals surface area contributed by atoms with Gasteiger partial charge in [-0.3, -0.25) is 0 Å². The summed E-state index contributed by atoms with van der Waals surface area (Å²) in [5, 5.41) is 10.1. The fourth-order valence-corrected chi connectivity index (χ4v) is 8.05. The first kappa shape index (κ1) is 25.1. The zero-order valence-electron chi connectivity index (χ0n) is 23.9. The van der Waals surface area contributed by atoms with E-state index in [2.05, 4.69) is 169 Å². The first-order valence-corrected chi connectivity index (χ1v) is 15.8. The van der Waals surface area contributed by atoms with Gasteiger partial charge in [0, 0.05) is 31.2 Å². The van der Waals surface area contributed by atoms with Crippen molar-refractivity contribution in [1.82, 2.24) is 0 Å². The molecule has 1 nitrogen and oxygen atoms in total. The average Bonchev–Trinajstić information content (AvgIpc) is 3.49. The molecule has 1 heterocycles. The summed E-state index contributed by atoms with van der Waals surface area (Å²) in [7, 11) is 0. The Morgan fingerprint density at radius 3 is 1.93 bits per heavy atom. The third kappa shape index (κ3) is 3.92. The third-order valence-corrected chi connectivity index (χ3v) is 10.0. The van der Waals surface area contributed by atoms with E-state index in [9.17, 15) is 0 Å². The number of fused-ring (bicyclic) bond motifs is 7. The molecule has 2 heteroatoms. The van der Waals surface area contributed by atoms with Gasteiger partial charge in [-0.25, -0.2) is 0 Å². The van der Waals surface area contributed by atoms with Gasteiger partial charge in [0.15, 0.2) is 0 Å². The molecular formula is C42H27NS. The molecule has 0 bridgehead atoms. The summed E-state index contributed by atoms with van der Waals surface area (Å²) in [6, 6.07) is 59.7. The zero-order valence-corrected chi connectivity index (χ0v) is 24.8. The zero-order chi connectivity index (χ0) is 29.0. The molecule has 44 heavy (non-hydrogen) atoms. The molecule has 0 fully saturated rings. The molecular weight excluding hydrogens is 551 g/mol. The fourth-order valence-electron chi connectivity index (χ4n) is 6.79. The Bertz CT molecular complexity index is 2500. The second kappa shape index (κ2) is 10.1. The quantitative estimate of drug-likeness (QED) is 0.188. The van der Waals surface area contributed by atoms with Crippen molar-refractivity contribution in [3.63, 3.8) is 0 Å². The van der Waals surface area contributed by atoms with Crippen molar-refractivity contribution in [3.05, 3.63) is 164 Å². The predicted octanol–water partition coefficient (Wildman–Crippen LogP) is 12.7. The number of hydrogen-bond donors (Lipinski definition) is 0. The van der Waals surface area contributed by atoms with Crippen molar-refractivity contribution in [2.75, 3.05) is 4.90 Å². The highest BCUT2D eigenvalue weighted by atomic mass is 32.1. The minimum Gasteiger partial charge on any atom is -0.309 e. The Morgan fingerprint density at radius 2 is 1.07 bits per heavy atom. The van der Waals surface area contributed by atoms with E-state index in [-0.39, 0.29) is 0 Å². The lowest BCUT2D eigenvalue weighted by Gasteiger charge is -2.28. The Labute approximate surface area is 259 Å². The second-order valence-corrected chi connectivity index (χ2v) is 12.4. The third-order valence-electron chi connectivity index (χ3n) is 8.82. The van der Waals surface area contributed by atoms with Crippen molar-refractivity contribution >= 4 is 80.9 Å². The molecule has 0 N–H and O–H groups in total. The lowest BCUT2D eigenvalue weighted by Crippen LogP contribution is -2.11. The number of thiophene rings is 1. The molecule has 8 aromatic carbocycles. The molecule has 0 atom stereocenters. The van der Waals surface area contributed by atoms with Crippen LogP contribution < -0.4 is 4.90 Å². The summed E-state index contributed by atoms with van der Waals surface area (Å²) < 4.78 is 2.61. The van der Waals surface area contributed by atoms with Gasteiger partial charge in [0.1, 0.15) is 0 Å². The van der Waals surface area contributed by atoms with Crippen LogP contribution in [0.15, 0.2) is 164 Å². The molecule has 0 radical (unpaired) electrons. The molecule has 0 saturated heterocycles. The Balaban J connectivity index is 1.38. The number of anilines is 3. The molecule has 0 spiro atoms. The predicted molar refractivity (Wildman–Crippen MR) is 192 cm³/mol. The summed E-state index contributed by atoms with van der Waals surface area (Å²) in [5.74, 6) is 0. The number of benzene rings is 8. The van der Waals surface area contributed by atoms with Crippen LogP contribution in [0.1, 0.15) is 0 Å². The van der Waals surface area contributed by atoms with Gasteiger partial charge in [0.2, 0.25) is 0 Å². The van der Waals surface area contributed by atoms with Gasteiger partial charge in [0.05, 0.1) is 11.4 Å². The molecule has 0 saturated carbocycles. The maximum absolute atomic E-state index is 2.48. The smallest absolute Gasteiger partial charge is 0.0555 e. The average molecular weight is 578 g/mol. The Kier molecular flexibility index (Phi) is 5.75. The number of hydrogen-bond acceptors (Lipinski definition) is 2. The minimum atomic E-state index is 1.15. The van der Waals surface area contributed by atoms with Crippen LogP contribution in [0.4, 0.5) is 17.1 Å². The van der Waals surface area contributed by atoms with E-state index >= 15 is 0 Å². The van der Waals surface area contributed by atoms with Crippen LogP contribution in [-0.4, -0.2) is 0 Å². The van der Waals surface area contributed by atoms with Gasteiger partial charge in [-0.15, -0.1) is 11.3 Å². The lowest BCUT2D eigenvalue weighted by atomic mass is 9.98. The number of nitrogens with zero attached hydrogens (tertiary/aromatic N) is 1. The summed E-state index contributed by atoms with van der Waals surface area (Å²) in [6.45, 7) is 0. The molecule has 9 aromatic rings. The van der Waals surface area contributed by atoms with E-state index in [0.29, 0.717) is 0 Å². The molecule has 0 aliphatic rings. The minimum absolute atomic E-state index is 1.15. The maximum atomic E-state index is 2.48. The van der Waals surface area contributed by atoms with E-state index in [4.69, 9.17) is 0 Å². The monoisotopic (exact) mass is 577 g/mol. The van der Waals surface area contributed by atoms with Crippen LogP contribution in [0.25, 0.3) is 63.6 Å². The molecule has 0 aliphatic carbocycles. The van der Waals surface area contributed by atoms with Crippen molar-refractivity contribution in [3.8, 4) is 11.1 Å². The Morgan fingerprint density at radius 1 is 0.409 bits per heavy atom. The van der Waals surface area contributed by atoms with Crippen LogP contribution in [0, 0.1) is 0 Å². The van der Waals surface area contributed by atoms with Crippen molar-refractivity contribution < 1.29 is 0 Å². The largest absolute Gasteiger partial charge is 0.309 e. The van der Waals surface area contributed by atoms with Crippen LogP contribution >= 0.6 is 11.3 Å². The van der Waals surface area contributed by atoms with Gasteiger partial charge in [-0.1, -0.05) is 133 Å². The molecule has 0 aliphatic heterocycles. The van der Waals surface area contributed by atoms with Crippen LogP contribution in [0.5, 0.6) is 0 Å². The summed E-state index contributed by atoms with van der Waals surface area (Å²) in [5.41, 5.74) is 6.02. The van der Waals surface area contributed by atoms with Crippen LogP contribution in [0.3, 0.4) is 0 Å². The van der Waals surface area contributed by atoms with Gasteiger partial charge >= 0.3 is 0 Å². The van der Waals surface area contributed by atoms with Crippen LogP contribution in [-0.2, 0) is 0 Å². The van der Waals surface area contributed by atoms with E-state index < -0.39 is 0 Å². The Hall–Kier alpha value is -5.44. The summed E-state index contributed by atoms with van der Waals surface area (Å²) in [4.78, 5) is 2.48. The van der Waals surface area contributed by atoms with Crippen molar-refractivity contribution in [2.45, 2.75) is 0 Å². The van der Waals surface area contributed by atoms with E-state index in [1.54, 1.807) is 0 Å². The molecule has 0 amide bonds. The summed E-state index contributed by atoms with van der Waals surface area (Å²) >= 11 is 1.89.